The molecule has 0 bridgehead atoms. The molecule has 5 N–H and O–H groups in total. The molecular formula is C26H26BrN3O6. The van der Waals surface area contributed by atoms with Crippen molar-refractivity contribution in [1.82, 2.24) is 0 Å². The predicted octanol–water partition coefficient (Wildman–Crippen LogP) is 5.25. The molecule has 0 fully saturated rings. The maximum atomic E-state index is 12.7. The van der Waals surface area contributed by atoms with Crippen LogP contribution in [0, 0.1) is 0 Å². The number of hydrogen-bond acceptors (Lipinski definition) is 7. The molecule has 0 heterocycles. The van der Waals surface area contributed by atoms with E-state index in [1.165, 1.54) is 38.5 Å². The highest BCUT2D eigenvalue weighted by atomic mass is 79.9. The molecule has 0 radical (unpaired) electrons. The molecule has 0 aliphatic heterocycles. The maximum Gasteiger partial charge on any atom is 0.412 e. The van der Waals surface area contributed by atoms with Crippen LogP contribution < -0.4 is 21.1 Å². The number of rotatable bonds is 9. The van der Waals surface area contributed by atoms with Gasteiger partial charge in [0.25, 0.3) is 0 Å². The Balaban J connectivity index is 1.83. The van der Waals surface area contributed by atoms with Gasteiger partial charge in [0.15, 0.2) is 17.6 Å². The number of para-hydroxylation sites is 2. The number of halogens is 1. The van der Waals surface area contributed by atoms with E-state index in [9.17, 15) is 14.7 Å². The molecule has 3 aromatic rings. The van der Waals surface area contributed by atoms with Crippen LogP contribution in [0.15, 0.2) is 83.4 Å². The van der Waals surface area contributed by atoms with E-state index in [1.54, 1.807) is 54.6 Å². The van der Waals surface area contributed by atoms with Crippen LogP contribution in [0.4, 0.5) is 21.9 Å². The topological polar surface area (TPSA) is 132 Å². The quantitative estimate of drug-likeness (QED) is 0.209. The number of anilines is 3. The molecule has 36 heavy (non-hydrogen) atoms. The summed E-state index contributed by atoms with van der Waals surface area (Å²) in [5.74, 6) is -0.347. The van der Waals surface area contributed by atoms with Gasteiger partial charge >= 0.3 is 6.09 Å². The van der Waals surface area contributed by atoms with E-state index in [0.29, 0.717) is 22.6 Å². The minimum absolute atomic E-state index is 0.145. The van der Waals surface area contributed by atoms with Crippen LogP contribution in [0.25, 0.3) is 0 Å². The van der Waals surface area contributed by atoms with E-state index in [1.807, 2.05) is 0 Å². The Morgan fingerprint density at radius 2 is 1.75 bits per heavy atom. The standard InChI is InChI=1S/C26H26BrN3O6/c1-34-22-12-7-16(15-21(22)31)25(36-26(33)29-18-10-8-17(27)9-11-18)23(35-2)13-14-24(32)30-20-6-4-3-5-19(20)28/h3-15,23,25,31H,28H2,1-2H3,(H,29,33)(H,30,32)/b14-13+/t23-,25-/m0/s1. The second-order valence-corrected chi connectivity index (χ2v) is 8.44. The molecule has 3 aromatic carbocycles. The number of amides is 2. The van der Waals surface area contributed by atoms with E-state index in [-0.39, 0.29) is 11.5 Å². The average molecular weight is 556 g/mol. The number of hydrogen-bond donors (Lipinski definition) is 4. The van der Waals surface area contributed by atoms with Crippen LogP contribution in [-0.4, -0.2) is 37.4 Å². The van der Waals surface area contributed by atoms with Crippen molar-refractivity contribution >= 4 is 45.0 Å². The zero-order valence-electron chi connectivity index (χ0n) is 19.6. The third-order valence-electron chi connectivity index (χ3n) is 5.08. The van der Waals surface area contributed by atoms with Crippen LogP contribution in [0.2, 0.25) is 0 Å². The lowest BCUT2D eigenvalue weighted by molar-refractivity contribution is -0.112. The van der Waals surface area contributed by atoms with Crippen LogP contribution in [0.1, 0.15) is 11.7 Å². The number of methoxy groups -OCH3 is 2. The molecule has 0 saturated carbocycles. The first-order valence-electron chi connectivity index (χ1n) is 10.8. The van der Waals surface area contributed by atoms with Gasteiger partial charge in [0.05, 0.1) is 18.5 Å². The molecule has 0 aliphatic carbocycles. The summed E-state index contributed by atoms with van der Waals surface area (Å²) in [7, 11) is 2.83. The summed E-state index contributed by atoms with van der Waals surface area (Å²) >= 11 is 3.34. The van der Waals surface area contributed by atoms with Crippen molar-refractivity contribution in [1.29, 1.82) is 0 Å². The largest absolute Gasteiger partial charge is 0.504 e. The zero-order chi connectivity index (χ0) is 26.1. The fourth-order valence-electron chi connectivity index (χ4n) is 3.28. The molecule has 3 rings (SSSR count). The summed E-state index contributed by atoms with van der Waals surface area (Å²) in [4.78, 5) is 25.2. The van der Waals surface area contributed by atoms with E-state index in [0.717, 1.165) is 4.47 Å². The third-order valence-corrected chi connectivity index (χ3v) is 5.61. The van der Waals surface area contributed by atoms with Crippen molar-refractivity contribution in [2.45, 2.75) is 12.2 Å². The molecular weight excluding hydrogens is 530 g/mol. The van der Waals surface area contributed by atoms with Gasteiger partial charge in [-0.1, -0.05) is 34.1 Å². The number of phenolic OH excluding ortho intramolecular Hbond substituents is 1. The number of aromatic hydroxyl groups is 1. The first-order chi connectivity index (χ1) is 17.3. The number of ether oxygens (including phenoxy) is 3. The fraction of sp³-hybridized carbons (Fsp3) is 0.154. The summed E-state index contributed by atoms with van der Waals surface area (Å²) in [6.07, 6.45) is 0.0512. The summed E-state index contributed by atoms with van der Waals surface area (Å²) < 4.78 is 17.2. The lowest BCUT2D eigenvalue weighted by Crippen LogP contribution is -2.27. The second-order valence-electron chi connectivity index (χ2n) is 7.53. The molecule has 0 saturated heterocycles. The highest BCUT2D eigenvalue weighted by Gasteiger charge is 2.27. The molecule has 0 unspecified atom stereocenters. The van der Waals surface area contributed by atoms with Crippen LogP contribution in [-0.2, 0) is 14.3 Å². The van der Waals surface area contributed by atoms with E-state index in [4.69, 9.17) is 19.9 Å². The average Bonchev–Trinajstić information content (AvgIpc) is 2.86. The second kappa shape index (κ2) is 12.6. The number of carbonyl (C=O) groups excluding carboxylic acids is 2. The Labute approximate surface area is 217 Å². The van der Waals surface area contributed by atoms with Gasteiger partial charge in [-0.3, -0.25) is 10.1 Å². The minimum Gasteiger partial charge on any atom is -0.504 e. The smallest absolute Gasteiger partial charge is 0.412 e. The van der Waals surface area contributed by atoms with Crippen molar-refractivity contribution in [3.05, 3.63) is 88.9 Å². The lowest BCUT2D eigenvalue weighted by Gasteiger charge is -2.25. The first kappa shape index (κ1) is 26.6. The van der Waals surface area contributed by atoms with Crippen molar-refractivity contribution in [3.63, 3.8) is 0 Å². The molecule has 2 amide bonds. The molecule has 0 aromatic heterocycles. The Hall–Kier alpha value is -4.02. The van der Waals surface area contributed by atoms with E-state index >= 15 is 0 Å². The number of phenols is 1. The molecule has 9 nitrogen and oxygen atoms in total. The summed E-state index contributed by atoms with van der Waals surface area (Å²) in [5.41, 5.74) is 7.69. The Morgan fingerprint density at radius 3 is 2.39 bits per heavy atom. The number of nitrogen functional groups attached to an aromatic ring is 1. The van der Waals surface area contributed by atoms with Crippen LogP contribution >= 0.6 is 15.9 Å². The highest BCUT2D eigenvalue weighted by molar-refractivity contribution is 9.10. The SMILES string of the molecule is COc1ccc([C@H](OC(=O)Nc2ccc(Br)cc2)[C@H](/C=C/C(=O)Nc2ccccc2N)OC)cc1O. The Morgan fingerprint density at radius 1 is 1.03 bits per heavy atom. The lowest BCUT2D eigenvalue weighted by atomic mass is 10.0. The Bertz CT molecular complexity index is 1230. The third kappa shape index (κ3) is 7.24. The maximum absolute atomic E-state index is 12.7. The van der Waals surface area contributed by atoms with Crippen LogP contribution in [0.3, 0.4) is 0 Å². The molecule has 188 valence electrons. The van der Waals surface area contributed by atoms with Gasteiger partial charge in [0, 0.05) is 23.3 Å². The summed E-state index contributed by atoms with van der Waals surface area (Å²) in [6.45, 7) is 0. The number of carbonyl (C=O) groups is 2. The van der Waals surface area contributed by atoms with Gasteiger partial charge in [-0.15, -0.1) is 0 Å². The zero-order valence-corrected chi connectivity index (χ0v) is 21.2. The van der Waals surface area contributed by atoms with E-state index < -0.39 is 24.2 Å². The number of benzene rings is 3. The first-order valence-corrected chi connectivity index (χ1v) is 11.6. The normalized spacial score (nSPS) is 12.5. The van der Waals surface area contributed by atoms with Crippen LogP contribution in [0.5, 0.6) is 11.5 Å². The fourth-order valence-corrected chi connectivity index (χ4v) is 3.54. The summed E-state index contributed by atoms with van der Waals surface area (Å²) in [6, 6.07) is 18.4. The molecule has 0 aliphatic rings. The van der Waals surface area contributed by atoms with Gasteiger partial charge in [0.2, 0.25) is 5.91 Å². The highest BCUT2D eigenvalue weighted by Crippen LogP contribution is 2.33. The van der Waals surface area contributed by atoms with Crippen molar-refractivity contribution < 1.29 is 28.9 Å². The van der Waals surface area contributed by atoms with Crippen molar-refractivity contribution in [2.75, 3.05) is 30.6 Å². The van der Waals surface area contributed by atoms with E-state index in [2.05, 4.69) is 26.6 Å². The number of nitrogens with one attached hydrogen (secondary N) is 2. The molecule has 2 atom stereocenters. The molecule has 0 spiro atoms. The van der Waals surface area contributed by atoms with Gasteiger partial charge < -0.3 is 30.4 Å². The summed E-state index contributed by atoms with van der Waals surface area (Å²) in [5, 5.41) is 15.6. The Kier molecular flexibility index (Phi) is 9.32. The van der Waals surface area contributed by atoms with Gasteiger partial charge in [-0.2, -0.15) is 0 Å². The van der Waals surface area contributed by atoms with Gasteiger partial charge in [-0.05, 0) is 60.2 Å². The molecule has 10 heteroatoms. The van der Waals surface area contributed by atoms with Gasteiger partial charge in [0.1, 0.15) is 6.10 Å². The van der Waals surface area contributed by atoms with Gasteiger partial charge in [-0.25, -0.2) is 4.79 Å². The number of nitrogens with two attached hydrogens (primary N) is 1. The van der Waals surface area contributed by atoms with Crippen molar-refractivity contribution in [2.24, 2.45) is 0 Å². The monoisotopic (exact) mass is 555 g/mol. The van der Waals surface area contributed by atoms with Crippen molar-refractivity contribution in [3.8, 4) is 11.5 Å². The predicted molar refractivity (Wildman–Crippen MR) is 141 cm³/mol. The minimum atomic E-state index is -1.02.